The highest BCUT2D eigenvalue weighted by Crippen LogP contribution is 2.28. The molecule has 0 radical (unpaired) electrons. The summed E-state index contributed by atoms with van der Waals surface area (Å²) in [4.78, 5) is 2.10. The number of anilines is 1. The molecule has 0 spiro atoms. The van der Waals surface area contributed by atoms with Crippen molar-refractivity contribution in [3.05, 3.63) is 29.8 Å². The van der Waals surface area contributed by atoms with Gasteiger partial charge in [-0.1, -0.05) is 12.1 Å². The van der Waals surface area contributed by atoms with Crippen molar-refractivity contribution in [2.45, 2.75) is 5.92 Å². The number of aliphatic hydroxyl groups excluding tert-OH is 1. The highest BCUT2D eigenvalue weighted by Gasteiger charge is 2.27. The third-order valence-electron chi connectivity index (χ3n) is 3.41. The molecule has 1 aliphatic heterocycles. The lowest BCUT2D eigenvalue weighted by Gasteiger charge is -2.18. The zero-order chi connectivity index (χ0) is 11.5. The highest BCUT2D eigenvalue weighted by atomic mass is 16.3. The average Bonchev–Trinajstić information content (AvgIpc) is 2.77. The Labute approximate surface area is 97.1 Å². The van der Waals surface area contributed by atoms with Gasteiger partial charge in [0.15, 0.2) is 0 Å². The van der Waals surface area contributed by atoms with Crippen molar-refractivity contribution in [3.63, 3.8) is 0 Å². The summed E-state index contributed by atoms with van der Waals surface area (Å²) in [5.74, 6) is 0.825. The molecular formula is C13H20N2O. The van der Waals surface area contributed by atoms with Gasteiger partial charge in [-0.2, -0.15) is 0 Å². The first-order valence-corrected chi connectivity index (χ1v) is 5.81. The number of aliphatic hydroxyl groups is 1. The summed E-state index contributed by atoms with van der Waals surface area (Å²) >= 11 is 0. The molecule has 1 aromatic rings. The number of hydrogen-bond donors (Lipinski definition) is 2. The third-order valence-corrected chi connectivity index (χ3v) is 3.41. The Balaban J connectivity index is 2.15. The highest BCUT2D eigenvalue weighted by molar-refractivity contribution is 5.46. The van der Waals surface area contributed by atoms with Crippen LogP contribution >= 0.6 is 0 Å². The Bertz CT molecular complexity index is 334. The second-order valence-corrected chi connectivity index (χ2v) is 4.69. The predicted octanol–water partition coefficient (Wildman–Crippen LogP) is 1.05. The summed E-state index contributed by atoms with van der Waals surface area (Å²) in [7, 11) is 4.09. The van der Waals surface area contributed by atoms with E-state index >= 15 is 0 Å². The second kappa shape index (κ2) is 4.85. The number of benzene rings is 1. The van der Waals surface area contributed by atoms with E-state index < -0.39 is 0 Å². The summed E-state index contributed by atoms with van der Waals surface area (Å²) in [6, 6.07) is 8.63. The van der Waals surface area contributed by atoms with Crippen LogP contribution in [0.4, 0.5) is 5.69 Å². The first-order chi connectivity index (χ1) is 7.72. The summed E-state index contributed by atoms with van der Waals surface area (Å²) in [6.07, 6.45) is 0. The van der Waals surface area contributed by atoms with Gasteiger partial charge in [-0.3, -0.25) is 0 Å². The van der Waals surface area contributed by atoms with Crippen LogP contribution in [0.5, 0.6) is 0 Å². The van der Waals surface area contributed by atoms with Gasteiger partial charge in [0.1, 0.15) is 0 Å². The molecule has 16 heavy (non-hydrogen) atoms. The Morgan fingerprint density at radius 3 is 2.50 bits per heavy atom. The third kappa shape index (κ3) is 2.20. The maximum absolute atomic E-state index is 9.29. The van der Waals surface area contributed by atoms with Gasteiger partial charge in [-0.25, -0.2) is 0 Å². The molecule has 2 N–H and O–H groups in total. The fraction of sp³-hybridized carbons (Fsp3) is 0.538. The van der Waals surface area contributed by atoms with Crippen LogP contribution in [0.25, 0.3) is 0 Å². The maximum Gasteiger partial charge on any atom is 0.0477 e. The predicted molar refractivity (Wildman–Crippen MR) is 67.0 cm³/mol. The van der Waals surface area contributed by atoms with Gasteiger partial charge in [-0.15, -0.1) is 0 Å². The van der Waals surface area contributed by atoms with E-state index in [0.717, 1.165) is 13.1 Å². The molecule has 2 atom stereocenters. The Kier molecular flexibility index (Phi) is 3.46. The largest absolute Gasteiger partial charge is 0.396 e. The number of rotatable bonds is 3. The summed E-state index contributed by atoms with van der Waals surface area (Å²) < 4.78 is 0. The molecule has 3 nitrogen and oxygen atoms in total. The van der Waals surface area contributed by atoms with Crippen LogP contribution in [0.3, 0.4) is 0 Å². The van der Waals surface area contributed by atoms with E-state index in [9.17, 15) is 5.11 Å². The minimum atomic E-state index is 0.271. The fourth-order valence-corrected chi connectivity index (χ4v) is 2.33. The molecule has 0 unspecified atom stereocenters. The molecule has 1 fully saturated rings. The van der Waals surface area contributed by atoms with Crippen molar-refractivity contribution in [1.29, 1.82) is 0 Å². The van der Waals surface area contributed by atoms with Gasteiger partial charge in [0.05, 0.1) is 0 Å². The molecule has 0 bridgehead atoms. The van der Waals surface area contributed by atoms with Crippen molar-refractivity contribution in [3.8, 4) is 0 Å². The standard InChI is InChI=1S/C13H20N2O/c1-15(2)12-5-3-10(4-6-12)13-8-14-7-11(13)9-16/h3-6,11,13-14,16H,7-9H2,1-2H3/t11-,13-/m1/s1. The Hall–Kier alpha value is -1.06. The molecule has 88 valence electrons. The number of nitrogens with zero attached hydrogens (tertiary/aromatic N) is 1. The Morgan fingerprint density at radius 2 is 1.94 bits per heavy atom. The monoisotopic (exact) mass is 220 g/mol. The fourth-order valence-electron chi connectivity index (χ4n) is 2.33. The van der Waals surface area contributed by atoms with E-state index in [1.807, 2.05) is 14.1 Å². The smallest absolute Gasteiger partial charge is 0.0477 e. The van der Waals surface area contributed by atoms with E-state index in [-0.39, 0.29) is 6.61 Å². The second-order valence-electron chi connectivity index (χ2n) is 4.69. The molecule has 1 heterocycles. The van der Waals surface area contributed by atoms with Gasteiger partial charge in [-0.05, 0) is 17.7 Å². The van der Waals surface area contributed by atoms with Crippen molar-refractivity contribution < 1.29 is 5.11 Å². The van der Waals surface area contributed by atoms with Crippen LogP contribution < -0.4 is 10.2 Å². The first-order valence-electron chi connectivity index (χ1n) is 5.81. The first kappa shape index (κ1) is 11.4. The van der Waals surface area contributed by atoms with Gasteiger partial charge in [0, 0.05) is 51.3 Å². The molecule has 0 aliphatic carbocycles. The lowest BCUT2D eigenvalue weighted by Crippen LogP contribution is -2.15. The topological polar surface area (TPSA) is 35.5 Å². The summed E-state index contributed by atoms with van der Waals surface area (Å²) in [5, 5.41) is 12.6. The van der Waals surface area contributed by atoms with Gasteiger partial charge >= 0.3 is 0 Å². The van der Waals surface area contributed by atoms with Crippen LogP contribution in [-0.2, 0) is 0 Å². The molecule has 2 rings (SSSR count). The molecule has 1 aromatic carbocycles. The van der Waals surface area contributed by atoms with Crippen LogP contribution in [0.2, 0.25) is 0 Å². The van der Waals surface area contributed by atoms with E-state index in [4.69, 9.17) is 0 Å². The van der Waals surface area contributed by atoms with Crippen molar-refractivity contribution in [2.24, 2.45) is 5.92 Å². The minimum absolute atomic E-state index is 0.271. The zero-order valence-corrected chi connectivity index (χ0v) is 9.98. The van der Waals surface area contributed by atoms with Crippen LogP contribution in [0.1, 0.15) is 11.5 Å². The average molecular weight is 220 g/mol. The SMILES string of the molecule is CN(C)c1ccc([C@H]2CNC[C@@H]2CO)cc1. The van der Waals surface area contributed by atoms with Crippen molar-refractivity contribution in [2.75, 3.05) is 38.7 Å². The molecule has 0 amide bonds. The summed E-state index contributed by atoms with van der Waals surface area (Å²) in [5.41, 5.74) is 2.55. The molecule has 1 saturated heterocycles. The summed E-state index contributed by atoms with van der Waals surface area (Å²) in [6.45, 7) is 2.18. The molecule has 1 aliphatic rings. The number of hydrogen-bond acceptors (Lipinski definition) is 3. The number of nitrogens with one attached hydrogen (secondary N) is 1. The molecule has 0 saturated carbocycles. The van der Waals surface area contributed by atoms with Crippen LogP contribution in [0, 0.1) is 5.92 Å². The van der Waals surface area contributed by atoms with Crippen molar-refractivity contribution in [1.82, 2.24) is 5.32 Å². The van der Waals surface area contributed by atoms with Crippen LogP contribution in [0.15, 0.2) is 24.3 Å². The van der Waals surface area contributed by atoms with Crippen LogP contribution in [-0.4, -0.2) is 38.9 Å². The maximum atomic E-state index is 9.29. The van der Waals surface area contributed by atoms with E-state index in [1.165, 1.54) is 11.3 Å². The zero-order valence-electron chi connectivity index (χ0n) is 9.98. The quantitative estimate of drug-likeness (QED) is 0.799. The van der Waals surface area contributed by atoms with E-state index in [2.05, 4.69) is 34.5 Å². The van der Waals surface area contributed by atoms with E-state index in [1.54, 1.807) is 0 Å². The van der Waals surface area contributed by atoms with Gasteiger partial charge < -0.3 is 15.3 Å². The lowest BCUT2D eigenvalue weighted by molar-refractivity contribution is 0.226. The van der Waals surface area contributed by atoms with Gasteiger partial charge in [0.2, 0.25) is 0 Å². The molecule has 0 aromatic heterocycles. The molecule has 3 heteroatoms. The minimum Gasteiger partial charge on any atom is -0.396 e. The normalized spacial score (nSPS) is 24.7. The Morgan fingerprint density at radius 1 is 1.25 bits per heavy atom. The lowest BCUT2D eigenvalue weighted by atomic mass is 9.89. The van der Waals surface area contributed by atoms with Crippen molar-refractivity contribution >= 4 is 5.69 Å². The van der Waals surface area contributed by atoms with E-state index in [0.29, 0.717) is 11.8 Å². The molecular weight excluding hydrogens is 200 g/mol. The van der Waals surface area contributed by atoms with Gasteiger partial charge in [0.25, 0.3) is 0 Å².